The Labute approximate surface area is 139 Å². The predicted molar refractivity (Wildman–Crippen MR) is 95.2 cm³/mol. The molecule has 1 unspecified atom stereocenters. The molecular formula is C19H28N2O2. The summed E-state index contributed by atoms with van der Waals surface area (Å²) < 4.78 is 0. The van der Waals surface area contributed by atoms with Crippen LogP contribution in [0.25, 0.3) is 0 Å². The van der Waals surface area contributed by atoms with Gasteiger partial charge < -0.3 is 16.2 Å². The molecule has 0 fully saturated rings. The van der Waals surface area contributed by atoms with Crippen LogP contribution in [0.5, 0.6) is 5.75 Å². The minimum Gasteiger partial charge on any atom is -0.508 e. The highest BCUT2D eigenvalue weighted by Gasteiger charge is 2.13. The van der Waals surface area contributed by atoms with Gasteiger partial charge in [-0.2, -0.15) is 0 Å². The lowest BCUT2D eigenvalue weighted by molar-refractivity contribution is -0.122. The van der Waals surface area contributed by atoms with Crippen LogP contribution in [0.15, 0.2) is 47.6 Å². The van der Waals surface area contributed by atoms with E-state index in [0.29, 0.717) is 13.0 Å². The molecule has 126 valence electrons. The SMILES string of the molecule is CC(C)=CCCC(C)=CCNC(=O)C(N)Cc1ccc(O)cc1. The lowest BCUT2D eigenvalue weighted by atomic mass is 10.1. The van der Waals surface area contributed by atoms with Gasteiger partial charge in [0.05, 0.1) is 6.04 Å². The van der Waals surface area contributed by atoms with E-state index in [2.05, 4.69) is 32.2 Å². The van der Waals surface area contributed by atoms with Gasteiger partial charge in [0, 0.05) is 6.54 Å². The molecule has 0 aliphatic carbocycles. The fraction of sp³-hybridized carbons (Fsp3) is 0.421. The molecule has 4 nitrogen and oxygen atoms in total. The van der Waals surface area contributed by atoms with E-state index in [4.69, 9.17) is 5.73 Å². The molecule has 0 saturated heterocycles. The van der Waals surface area contributed by atoms with Crippen LogP contribution in [0.1, 0.15) is 39.2 Å². The fourth-order valence-electron chi connectivity index (χ4n) is 2.13. The molecule has 0 aliphatic heterocycles. The lowest BCUT2D eigenvalue weighted by Gasteiger charge is -2.11. The molecule has 4 heteroatoms. The van der Waals surface area contributed by atoms with Crippen LogP contribution in [-0.2, 0) is 11.2 Å². The molecule has 4 N–H and O–H groups in total. The van der Waals surface area contributed by atoms with Crippen molar-refractivity contribution in [3.05, 3.63) is 53.1 Å². The van der Waals surface area contributed by atoms with Crippen molar-refractivity contribution in [2.24, 2.45) is 5.73 Å². The van der Waals surface area contributed by atoms with Crippen molar-refractivity contribution in [2.45, 2.75) is 46.1 Å². The molecule has 0 aliphatic rings. The normalized spacial score (nSPS) is 12.6. The maximum Gasteiger partial charge on any atom is 0.237 e. The van der Waals surface area contributed by atoms with Gasteiger partial charge in [0.2, 0.25) is 5.91 Å². The van der Waals surface area contributed by atoms with E-state index in [-0.39, 0.29) is 11.7 Å². The lowest BCUT2D eigenvalue weighted by Crippen LogP contribution is -2.42. The molecule has 1 atom stereocenters. The van der Waals surface area contributed by atoms with E-state index < -0.39 is 6.04 Å². The number of allylic oxidation sites excluding steroid dienone is 3. The van der Waals surface area contributed by atoms with Gasteiger partial charge in [-0.15, -0.1) is 0 Å². The van der Waals surface area contributed by atoms with Gasteiger partial charge in [-0.1, -0.05) is 35.4 Å². The first-order chi connectivity index (χ1) is 10.9. The third kappa shape index (κ3) is 8.21. The van der Waals surface area contributed by atoms with E-state index in [1.165, 1.54) is 11.1 Å². The summed E-state index contributed by atoms with van der Waals surface area (Å²) in [6.45, 7) is 6.76. The monoisotopic (exact) mass is 316 g/mol. The summed E-state index contributed by atoms with van der Waals surface area (Å²) in [5, 5.41) is 12.1. The first kappa shape index (κ1) is 19.0. The van der Waals surface area contributed by atoms with Gasteiger partial charge in [-0.05, 0) is 57.7 Å². The van der Waals surface area contributed by atoms with E-state index in [0.717, 1.165) is 18.4 Å². The van der Waals surface area contributed by atoms with Gasteiger partial charge in [-0.25, -0.2) is 0 Å². The number of phenols is 1. The zero-order valence-corrected chi connectivity index (χ0v) is 14.3. The molecule has 0 saturated carbocycles. The second-order valence-electron chi connectivity index (χ2n) is 6.09. The molecule has 0 spiro atoms. The minimum absolute atomic E-state index is 0.161. The van der Waals surface area contributed by atoms with Crippen LogP contribution in [0.2, 0.25) is 0 Å². The maximum atomic E-state index is 12.0. The van der Waals surface area contributed by atoms with Crippen LogP contribution in [-0.4, -0.2) is 23.6 Å². The van der Waals surface area contributed by atoms with Crippen molar-refractivity contribution >= 4 is 5.91 Å². The summed E-state index contributed by atoms with van der Waals surface area (Å²) in [6, 6.07) is 6.15. The van der Waals surface area contributed by atoms with Crippen LogP contribution >= 0.6 is 0 Å². The van der Waals surface area contributed by atoms with Crippen LogP contribution < -0.4 is 11.1 Å². The van der Waals surface area contributed by atoms with Gasteiger partial charge >= 0.3 is 0 Å². The second kappa shape index (κ2) is 9.85. The number of amides is 1. The number of hydrogen-bond donors (Lipinski definition) is 3. The van der Waals surface area contributed by atoms with Crippen molar-refractivity contribution in [3.63, 3.8) is 0 Å². The quantitative estimate of drug-likeness (QED) is 0.645. The second-order valence-corrected chi connectivity index (χ2v) is 6.09. The average molecular weight is 316 g/mol. The van der Waals surface area contributed by atoms with E-state index >= 15 is 0 Å². The molecule has 1 aromatic rings. The van der Waals surface area contributed by atoms with Crippen molar-refractivity contribution in [1.82, 2.24) is 5.32 Å². The number of benzene rings is 1. The highest BCUT2D eigenvalue weighted by Crippen LogP contribution is 2.11. The Kier molecular flexibility index (Phi) is 8.13. The standard InChI is InChI=1S/C19H28N2O2/c1-14(2)5-4-6-15(3)11-12-21-19(23)18(20)13-16-7-9-17(22)10-8-16/h5,7-11,18,22H,4,6,12-13,20H2,1-3H3,(H,21,23). The Balaban J connectivity index is 2.34. The molecule has 1 rings (SSSR count). The molecule has 1 aromatic carbocycles. The average Bonchev–Trinajstić information content (AvgIpc) is 2.49. The topological polar surface area (TPSA) is 75.4 Å². The zero-order valence-electron chi connectivity index (χ0n) is 14.3. The van der Waals surface area contributed by atoms with Crippen molar-refractivity contribution < 1.29 is 9.90 Å². The smallest absolute Gasteiger partial charge is 0.237 e. The zero-order chi connectivity index (χ0) is 17.2. The van der Waals surface area contributed by atoms with Crippen molar-refractivity contribution in [2.75, 3.05) is 6.54 Å². The summed E-state index contributed by atoms with van der Waals surface area (Å²) in [4.78, 5) is 12.0. The Morgan fingerprint density at radius 2 is 1.87 bits per heavy atom. The third-order valence-corrected chi connectivity index (χ3v) is 3.55. The Bertz CT molecular complexity index is 555. The molecule has 1 amide bonds. The highest BCUT2D eigenvalue weighted by atomic mass is 16.3. The number of rotatable bonds is 8. The fourth-order valence-corrected chi connectivity index (χ4v) is 2.13. The summed E-state index contributed by atoms with van der Waals surface area (Å²) in [7, 11) is 0. The van der Waals surface area contributed by atoms with E-state index in [9.17, 15) is 9.90 Å². The van der Waals surface area contributed by atoms with Gasteiger partial charge in [0.1, 0.15) is 5.75 Å². The van der Waals surface area contributed by atoms with Gasteiger partial charge in [0.15, 0.2) is 0 Å². The Morgan fingerprint density at radius 3 is 2.48 bits per heavy atom. The Morgan fingerprint density at radius 1 is 1.22 bits per heavy atom. The summed E-state index contributed by atoms with van der Waals surface area (Å²) in [5.74, 6) is 0.0481. The van der Waals surface area contributed by atoms with Crippen LogP contribution in [0.4, 0.5) is 0 Å². The minimum atomic E-state index is -0.584. The first-order valence-corrected chi connectivity index (χ1v) is 7.98. The third-order valence-electron chi connectivity index (χ3n) is 3.55. The van der Waals surface area contributed by atoms with Crippen LogP contribution in [0.3, 0.4) is 0 Å². The molecule has 23 heavy (non-hydrogen) atoms. The van der Waals surface area contributed by atoms with Crippen LogP contribution in [0, 0.1) is 0 Å². The van der Waals surface area contributed by atoms with Crippen molar-refractivity contribution in [3.8, 4) is 5.75 Å². The number of nitrogens with one attached hydrogen (secondary N) is 1. The van der Waals surface area contributed by atoms with Gasteiger partial charge in [-0.3, -0.25) is 4.79 Å². The predicted octanol–water partition coefficient (Wildman–Crippen LogP) is 3.07. The number of carbonyl (C=O) groups excluding carboxylic acids is 1. The number of aromatic hydroxyl groups is 1. The van der Waals surface area contributed by atoms with Crippen molar-refractivity contribution in [1.29, 1.82) is 0 Å². The number of phenolic OH excluding ortho intramolecular Hbond substituents is 1. The molecular weight excluding hydrogens is 288 g/mol. The van der Waals surface area contributed by atoms with Gasteiger partial charge in [0.25, 0.3) is 0 Å². The maximum absolute atomic E-state index is 12.0. The highest BCUT2D eigenvalue weighted by molar-refractivity contribution is 5.81. The summed E-state index contributed by atoms with van der Waals surface area (Å²) in [5.41, 5.74) is 9.43. The molecule has 0 bridgehead atoms. The number of carbonyl (C=O) groups is 1. The summed E-state index contributed by atoms with van der Waals surface area (Å²) in [6.07, 6.45) is 6.72. The number of nitrogens with two attached hydrogens (primary N) is 1. The first-order valence-electron chi connectivity index (χ1n) is 7.98. The Hall–Kier alpha value is -2.07. The van der Waals surface area contributed by atoms with E-state index in [1.807, 2.05) is 6.08 Å². The molecule has 0 radical (unpaired) electrons. The largest absolute Gasteiger partial charge is 0.508 e. The molecule has 0 heterocycles. The van der Waals surface area contributed by atoms with E-state index in [1.54, 1.807) is 24.3 Å². The molecule has 0 aromatic heterocycles. The number of hydrogen-bond acceptors (Lipinski definition) is 3. The summed E-state index contributed by atoms with van der Waals surface area (Å²) >= 11 is 0.